The summed E-state index contributed by atoms with van der Waals surface area (Å²) < 4.78 is 29.6. The molecule has 1 saturated carbocycles. The number of rotatable bonds is 11. The lowest BCUT2D eigenvalue weighted by atomic mass is 9.70. The van der Waals surface area contributed by atoms with Crippen LogP contribution in [0.15, 0.2) is 66.7 Å². The van der Waals surface area contributed by atoms with Gasteiger partial charge in [0.15, 0.2) is 17.3 Å². The molecule has 10 nitrogen and oxygen atoms in total. The topological polar surface area (TPSA) is 133 Å². The molecule has 2 unspecified atom stereocenters. The van der Waals surface area contributed by atoms with Crippen molar-refractivity contribution in [2.24, 2.45) is 5.92 Å². The van der Waals surface area contributed by atoms with E-state index in [4.69, 9.17) is 23.7 Å². The van der Waals surface area contributed by atoms with Crippen LogP contribution in [0, 0.1) is 5.92 Å². The lowest BCUT2D eigenvalue weighted by Gasteiger charge is -2.41. The number of aliphatic hydroxyl groups is 2. The predicted molar refractivity (Wildman–Crippen MR) is 156 cm³/mol. The van der Waals surface area contributed by atoms with Gasteiger partial charge in [0.25, 0.3) is 0 Å². The number of nitrogens with one attached hydrogen (secondary N) is 1. The van der Waals surface area contributed by atoms with Gasteiger partial charge >= 0.3 is 5.97 Å². The standard InChI is InChI=1S/C33H37NO9/c1-20(36)42-30-27(31(37)34-16-8-9-17-35)28(21-10-6-5-7-11-21)33(22-12-14-23(39-2)15-13-22)32(30,38)29-25(41-4)18-24(40-3)19-26(29)43-33/h5-7,10-15,18-19,27-28,30,35,38H,8-9,16-17H2,1-4H3,(H,34,37)/t27?,28-,30?,32+,33+/m1/s1. The second-order valence-corrected chi connectivity index (χ2v) is 10.7. The summed E-state index contributed by atoms with van der Waals surface area (Å²) >= 11 is 0. The zero-order valence-electron chi connectivity index (χ0n) is 24.7. The molecule has 3 N–H and O–H groups in total. The zero-order chi connectivity index (χ0) is 30.8. The normalized spacial score (nSPS) is 25.2. The average molecular weight is 592 g/mol. The second-order valence-electron chi connectivity index (χ2n) is 10.7. The lowest BCUT2D eigenvalue weighted by Crippen LogP contribution is -2.53. The van der Waals surface area contributed by atoms with Gasteiger partial charge in [-0.2, -0.15) is 0 Å². The monoisotopic (exact) mass is 591 g/mol. The molecule has 0 saturated heterocycles. The van der Waals surface area contributed by atoms with E-state index >= 15 is 0 Å². The molecule has 3 aromatic rings. The molecule has 0 aromatic heterocycles. The Morgan fingerprint density at radius 2 is 1.63 bits per heavy atom. The smallest absolute Gasteiger partial charge is 0.303 e. The summed E-state index contributed by atoms with van der Waals surface area (Å²) in [4.78, 5) is 26.9. The maximum atomic E-state index is 14.2. The number of ether oxygens (including phenoxy) is 5. The van der Waals surface area contributed by atoms with Crippen molar-refractivity contribution in [2.45, 2.75) is 43.0 Å². The summed E-state index contributed by atoms with van der Waals surface area (Å²) in [6.45, 7) is 1.53. The number of amides is 1. The minimum Gasteiger partial charge on any atom is -0.497 e. The van der Waals surface area contributed by atoms with Crippen molar-refractivity contribution in [3.05, 3.63) is 83.4 Å². The van der Waals surface area contributed by atoms with E-state index in [0.717, 1.165) is 0 Å². The van der Waals surface area contributed by atoms with Crippen LogP contribution in [0.1, 0.15) is 42.4 Å². The number of hydrogen-bond acceptors (Lipinski definition) is 9. The summed E-state index contributed by atoms with van der Waals surface area (Å²) in [5.41, 5.74) is -2.30. The summed E-state index contributed by atoms with van der Waals surface area (Å²) in [6, 6.07) is 19.6. The molecule has 1 heterocycles. The highest BCUT2D eigenvalue weighted by molar-refractivity contribution is 5.84. The van der Waals surface area contributed by atoms with Crippen molar-refractivity contribution in [1.82, 2.24) is 5.32 Å². The fourth-order valence-corrected chi connectivity index (χ4v) is 6.67. The number of hydrogen-bond donors (Lipinski definition) is 3. The van der Waals surface area contributed by atoms with E-state index in [2.05, 4.69) is 5.32 Å². The first-order valence-corrected chi connectivity index (χ1v) is 14.2. The highest BCUT2D eigenvalue weighted by Crippen LogP contribution is 2.71. The van der Waals surface area contributed by atoms with Gasteiger partial charge < -0.3 is 39.2 Å². The quantitative estimate of drug-likeness (QED) is 0.227. The number of unbranched alkanes of at least 4 members (excludes halogenated alkanes) is 1. The molecule has 228 valence electrons. The van der Waals surface area contributed by atoms with Crippen LogP contribution in [0.5, 0.6) is 23.0 Å². The molecule has 5 atom stereocenters. The van der Waals surface area contributed by atoms with E-state index in [9.17, 15) is 19.8 Å². The Kier molecular flexibility index (Phi) is 8.52. The summed E-state index contributed by atoms with van der Waals surface area (Å²) in [5.74, 6) is -1.49. The number of aliphatic hydroxyl groups excluding tert-OH is 1. The Morgan fingerprint density at radius 1 is 0.930 bits per heavy atom. The molecule has 1 aliphatic heterocycles. The fourth-order valence-electron chi connectivity index (χ4n) is 6.67. The third-order valence-corrected chi connectivity index (χ3v) is 8.41. The lowest BCUT2D eigenvalue weighted by molar-refractivity contribution is -0.183. The number of fused-ring (bicyclic) bond motifs is 3. The molecule has 0 spiro atoms. The molecule has 1 fully saturated rings. The first-order chi connectivity index (χ1) is 20.8. The van der Waals surface area contributed by atoms with Crippen LogP contribution >= 0.6 is 0 Å². The zero-order valence-corrected chi connectivity index (χ0v) is 24.7. The molecule has 10 heteroatoms. The number of esters is 1. The first kappa shape index (κ1) is 30.2. The highest BCUT2D eigenvalue weighted by atomic mass is 16.6. The number of benzene rings is 3. The average Bonchev–Trinajstić information content (AvgIpc) is 3.41. The van der Waals surface area contributed by atoms with Crippen molar-refractivity contribution in [3.63, 3.8) is 0 Å². The van der Waals surface area contributed by atoms with Crippen molar-refractivity contribution < 1.29 is 43.5 Å². The van der Waals surface area contributed by atoms with Crippen LogP contribution in [0.3, 0.4) is 0 Å². The fraction of sp³-hybridized carbons (Fsp3) is 0.394. The molecule has 43 heavy (non-hydrogen) atoms. The van der Waals surface area contributed by atoms with Crippen LogP contribution < -0.4 is 24.3 Å². The molecule has 1 aliphatic carbocycles. The minimum atomic E-state index is -2.10. The van der Waals surface area contributed by atoms with Crippen LogP contribution in [0.2, 0.25) is 0 Å². The van der Waals surface area contributed by atoms with Crippen LogP contribution in [0.25, 0.3) is 0 Å². The third-order valence-electron chi connectivity index (χ3n) is 8.41. The molecule has 1 amide bonds. The first-order valence-electron chi connectivity index (χ1n) is 14.2. The van der Waals surface area contributed by atoms with Crippen molar-refractivity contribution in [3.8, 4) is 23.0 Å². The minimum absolute atomic E-state index is 0.00375. The maximum Gasteiger partial charge on any atom is 0.303 e. The van der Waals surface area contributed by atoms with Crippen LogP contribution in [-0.2, 0) is 25.5 Å². The van der Waals surface area contributed by atoms with Gasteiger partial charge in [-0.05, 0) is 36.1 Å². The number of carbonyl (C=O) groups excluding carboxylic acids is 2. The molecule has 0 bridgehead atoms. The Morgan fingerprint density at radius 3 is 2.23 bits per heavy atom. The largest absolute Gasteiger partial charge is 0.497 e. The van der Waals surface area contributed by atoms with Crippen molar-refractivity contribution in [2.75, 3.05) is 34.5 Å². The maximum absolute atomic E-state index is 14.2. The van der Waals surface area contributed by atoms with Crippen LogP contribution in [-0.4, -0.2) is 62.7 Å². The molecule has 3 aromatic carbocycles. The van der Waals surface area contributed by atoms with Crippen molar-refractivity contribution in [1.29, 1.82) is 0 Å². The van der Waals surface area contributed by atoms with Gasteiger partial charge in [0.1, 0.15) is 23.0 Å². The summed E-state index contributed by atoms with van der Waals surface area (Å²) in [5, 5.41) is 25.5. The third kappa shape index (κ3) is 4.84. The Labute approximate surface area is 250 Å². The molecular formula is C33H37NO9. The van der Waals surface area contributed by atoms with Crippen LogP contribution in [0.4, 0.5) is 0 Å². The van der Waals surface area contributed by atoms with E-state index in [1.165, 1.54) is 21.1 Å². The van der Waals surface area contributed by atoms with E-state index in [0.29, 0.717) is 35.5 Å². The van der Waals surface area contributed by atoms with Gasteiger partial charge in [0, 0.05) is 38.1 Å². The van der Waals surface area contributed by atoms with Gasteiger partial charge in [0.2, 0.25) is 5.91 Å². The Hall–Kier alpha value is -4.28. The van der Waals surface area contributed by atoms with Gasteiger partial charge in [0.05, 0.1) is 32.8 Å². The number of carbonyl (C=O) groups is 2. The highest BCUT2D eigenvalue weighted by Gasteiger charge is 2.79. The Balaban J connectivity index is 1.84. The second kappa shape index (κ2) is 12.1. The Bertz CT molecular complexity index is 1460. The predicted octanol–water partition coefficient (Wildman–Crippen LogP) is 3.42. The number of methoxy groups -OCH3 is 3. The SMILES string of the molecule is COc1ccc([C@@]23Oc4cc(OC)cc(OC)c4[C@]2(O)C(OC(C)=O)C(C(=O)NCCCCO)[C@H]3c2ccccc2)cc1. The van der Waals surface area contributed by atoms with E-state index in [1.54, 1.807) is 43.5 Å². The van der Waals surface area contributed by atoms with Gasteiger partial charge in [-0.1, -0.05) is 42.5 Å². The molecular weight excluding hydrogens is 554 g/mol. The summed E-state index contributed by atoms with van der Waals surface area (Å²) in [7, 11) is 4.52. The summed E-state index contributed by atoms with van der Waals surface area (Å²) in [6.07, 6.45) is -0.335. The van der Waals surface area contributed by atoms with E-state index in [1.807, 2.05) is 30.3 Å². The van der Waals surface area contributed by atoms with Gasteiger partial charge in [-0.15, -0.1) is 0 Å². The van der Waals surface area contributed by atoms with E-state index in [-0.39, 0.29) is 30.2 Å². The molecule has 5 rings (SSSR count). The van der Waals surface area contributed by atoms with E-state index < -0.39 is 41.0 Å². The molecule has 2 aliphatic rings. The molecule has 0 radical (unpaired) electrons. The van der Waals surface area contributed by atoms with Gasteiger partial charge in [-0.25, -0.2) is 0 Å². The van der Waals surface area contributed by atoms with Crippen molar-refractivity contribution >= 4 is 11.9 Å². The van der Waals surface area contributed by atoms with Gasteiger partial charge in [-0.3, -0.25) is 9.59 Å².